The summed E-state index contributed by atoms with van der Waals surface area (Å²) in [6.45, 7) is 2.13. The molecule has 0 amide bonds. The minimum Gasteiger partial charge on any atom is -0.241 e. The number of aryl methyl sites for hydroxylation is 2. The van der Waals surface area contributed by atoms with Gasteiger partial charge in [0.25, 0.3) is 0 Å². The number of alkyl halides is 1. The van der Waals surface area contributed by atoms with Crippen LogP contribution in [0.5, 0.6) is 0 Å². The predicted octanol–water partition coefficient (Wildman–Crippen LogP) is 5.39. The first kappa shape index (κ1) is 14.6. The van der Waals surface area contributed by atoms with Crippen molar-refractivity contribution in [3.05, 3.63) is 64.7 Å². The summed E-state index contributed by atoms with van der Waals surface area (Å²) in [5.41, 5.74) is 3.76. The van der Waals surface area contributed by atoms with Crippen molar-refractivity contribution < 1.29 is 0 Å². The Hall–Kier alpha value is -1.38. The second-order valence-electron chi connectivity index (χ2n) is 5.40. The van der Waals surface area contributed by atoms with E-state index in [2.05, 4.69) is 54.4 Å². The second kappa shape index (κ2) is 6.59. The van der Waals surface area contributed by atoms with Gasteiger partial charge in [0.2, 0.25) is 0 Å². The minimum absolute atomic E-state index is 0.145. The molecule has 3 rings (SSSR count). The monoisotopic (exact) mass is 315 g/mol. The number of fused-ring (bicyclic) bond motifs is 1. The summed E-state index contributed by atoms with van der Waals surface area (Å²) in [4.78, 5) is 4.66. The van der Waals surface area contributed by atoms with Gasteiger partial charge in [-0.05, 0) is 37.5 Å². The van der Waals surface area contributed by atoms with E-state index >= 15 is 0 Å². The number of benzene rings is 2. The normalized spacial score (nSPS) is 12.7. The Bertz CT molecular complexity index is 702. The van der Waals surface area contributed by atoms with E-state index in [0.717, 1.165) is 29.8 Å². The van der Waals surface area contributed by atoms with Crippen molar-refractivity contribution in [2.75, 3.05) is 0 Å². The Morgan fingerprint density at radius 3 is 2.81 bits per heavy atom. The molecule has 0 aliphatic carbocycles. The SMILES string of the molecule is Cc1cccc(CCC(Cl)Cc2nc3ccccc3s2)c1. The summed E-state index contributed by atoms with van der Waals surface area (Å²) in [7, 11) is 0. The van der Waals surface area contributed by atoms with Crippen molar-refractivity contribution in [3.8, 4) is 0 Å². The van der Waals surface area contributed by atoms with Crippen molar-refractivity contribution in [1.29, 1.82) is 0 Å². The minimum atomic E-state index is 0.145. The molecular weight excluding hydrogens is 298 g/mol. The molecule has 0 spiro atoms. The molecule has 2 aromatic carbocycles. The third kappa shape index (κ3) is 3.84. The topological polar surface area (TPSA) is 12.9 Å². The Kier molecular flexibility index (Phi) is 4.57. The van der Waals surface area contributed by atoms with Crippen molar-refractivity contribution in [3.63, 3.8) is 0 Å². The van der Waals surface area contributed by atoms with Crippen LogP contribution < -0.4 is 0 Å². The lowest BCUT2D eigenvalue weighted by Crippen LogP contribution is -2.05. The third-order valence-electron chi connectivity index (χ3n) is 3.56. The molecule has 1 nitrogen and oxygen atoms in total. The lowest BCUT2D eigenvalue weighted by Gasteiger charge is -2.08. The highest BCUT2D eigenvalue weighted by Crippen LogP contribution is 2.24. The predicted molar refractivity (Wildman–Crippen MR) is 92.5 cm³/mol. The highest BCUT2D eigenvalue weighted by atomic mass is 35.5. The Morgan fingerprint density at radius 1 is 1.14 bits per heavy atom. The van der Waals surface area contributed by atoms with Gasteiger partial charge in [-0.15, -0.1) is 22.9 Å². The van der Waals surface area contributed by atoms with Crippen LogP contribution >= 0.6 is 22.9 Å². The molecule has 1 heterocycles. The lowest BCUT2D eigenvalue weighted by atomic mass is 10.0. The Labute approximate surface area is 134 Å². The Morgan fingerprint density at radius 2 is 2.00 bits per heavy atom. The van der Waals surface area contributed by atoms with Crippen LogP contribution in [-0.4, -0.2) is 10.4 Å². The first-order chi connectivity index (χ1) is 10.2. The van der Waals surface area contributed by atoms with Crippen LogP contribution in [0.25, 0.3) is 10.2 Å². The third-order valence-corrected chi connectivity index (χ3v) is 4.99. The van der Waals surface area contributed by atoms with E-state index in [1.165, 1.54) is 15.8 Å². The maximum absolute atomic E-state index is 6.50. The van der Waals surface area contributed by atoms with E-state index in [1.54, 1.807) is 11.3 Å². The van der Waals surface area contributed by atoms with Crippen molar-refractivity contribution in [1.82, 2.24) is 4.98 Å². The second-order valence-corrected chi connectivity index (χ2v) is 7.14. The molecule has 0 aliphatic heterocycles. The van der Waals surface area contributed by atoms with Gasteiger partial charge in [-0.1, -0.05) is 42.0 Å². The van der Waals surface area contributed by atoms with Gasteiger partial charge in [0.15, 0.2) is 0 Å². The molecule has 1 unspecified atom stereocenters. The fraction of sp³-hybridized carbons (Fsp3) is 0.278. The molecule has 3 heteroatoms. The van der Waals surface area contributed by atoms with E-state index < -0.39 is 0 Å². The number of thiazole rings is 1. The van der Waals surface area contributed by atoms with Crippen molar-refractivity contribution in [2.45, 2.75) is 31.6 Å². The quantitative estimate of drug-likeness (QED) is 0.575. The van der Waals surface area contributed by atoms with Crippen LogP contribution in [-0.2, 0) is 12.8 Å². The highest BCUT2D eigenvalue weighted by molar-refractivity contribution is 7.18. The first-order valence-corrected chi connectivity index (χ1v) is 8.50. The van der Waals surface area contributed by atoms with Crippen LogP contribution in [0, 0.1) is 6.92 Å². The van der Waals surface area contributed by atoms with Gasteiger partial charge < -0.3 is 0 Å². The molecule has 0 N–H and O–H groups in total. The van der Waals surface area contributed by atoms with Gasteiger partial charge in [0, 0.05) is 11.8 Å². The number of nitrogens with zero attached hydrogens (tertiary/aromatic N) is 1. The molecule has 108 valence electrons. The van der Waals surface area contributed by atoms with Gasteiger partial charge in [-0.25, -0.2) is 4.98 Å². The zero-order chi connectivity index (χ0) is 14.7. The summed E-state index contributed by atoms with van der Waals surface area (Å²) >= 11 is 8.25. The van der Waals surface area contributed by atoms with Crippen LogP contribution in [0.2, 0.25) is 0 Å². The summed E-state index contributed by atoms with van der Waals surface area (Å²) in [6.07, 6.45) is 2.87. The van der Waals surface area contributed by atoms with E-state index in [4.69, 9.17) is 11.6 Å². The van der Waals surface area contributed by atoms with Crippen LogP contribution in [0.4, 0.5) is 0 Å². The summed E-state index contributed by atoms with van der Waals surface area (Å²) in [5, 5.41) is 1.28. The largest absolute Gasteiger partial charge is 0.241 e. The van der Waals surface area contributed by atoms with E-state index in [1.807, 2.05) is 6.07 Å². The summed E-state index contributed by atoms with van der Waals surface area (Å²) < 4.78 is 1.25. The van der Waals surface area contributed by atoms with E-state index in [-0.39, 0.29) is 5.38 Å². The van der Waals surface area contributed by atoms with E-state index in [0.29, 0.717) is 0 Å². The molecule has 1 aromatic heterocycles. The lowest BCUT2D eigenvalue weighted by molar-refractivity contribution is 0.741. The Balaban J connectivity index is 1.59. The number of hydrogen-bond acceptors (Lipinski definition) is 2. The molecule has 1 atom stereocenters. The maximum atomic E-state index is 6.50. The molecular formula is C18H18ClNS. The number of halogens is 1. The number of para-hydroxylation sites is 1. The maximum Gasteiger partial charge on any atom is 0.0953 e. The van der Waals surface area contributed by atoms with Crippen LogP contribution in [0.3, 0.4) is 0 Å². The highest BCUT2D eigenvalue weighted by Gasteiger charge is 2.10. The van der Waals surface area contributed by atoms with Gasteiger partial charge in [-0.3, -0.25) is 0 Å². The van der Waals surface area contributed by atoms with Gasteiger partial charge >= 0.3 is 0 Å². The summed E-state index contributed by atoms with van der Waals surface area (Å²) in [5.74, 6) is 0. The molecule has 21 heavy (non-hydrogen) atoms. The van der Waals surface area contributed by atoms with Crippen molar-refractivity contribution in [2.24, 2.45) is 0 Å². The fourth-order valence-corrected chi connectivity index (χ4v) is 3.88. The molecule has 0 radical (unpaired) electrons. The number of rotatable bonds is 5. The summed E-state index contributed by atoms with van der Waals surface area (Å²) in [6, 6.07) is 16.9. The zero-order valence-electron chi connectivity index (χ0n) is 12.1. The molecule has 0 fully saturated rings. The number of hydrogen-bond donors (Lipinski definition) is 0. The molecule has 3 aromatic rings. The van der Waals surface area contributed by atoms with Crippen molar-refractivity contribution >= 4 is 33.2 Å². The van der Waals surface area contributed by atoms with Gasteiger partial charge in [-0.2, -0.15) is 0 Å². The number of aromatic nitrogens is 1. The van der Waals surface area contributed by atoms with Gasteiger partial charge in [0.1, 0.15) is 0 Å². The molecule has 0 saturated carbocycles. The molecule has 0 aliphatic rings. The fourth-order valence-electron chi connectivity index (χ4n) is 2.49. The van der Waals surface area contributed by atoms with Gasteiger partial charge in [0.05, 0.1) is 15.2 Å². The molecule has 0 saturated heterocycles. The van der Waals surface area contributed by atoms with E-state index in [9.17, 15) is 0 Å². The average molecular weight is 316 g/mol. The van der Waals surface area contributed by atoms with Crippen LogP contribution in [0.1, 0.15) is 22.6 Å². The standard InChI is InChI=1S/C18H18ClNS/c1-13-5-4-6-14(11-13)9-10-15(19)12-18-20-16-7-2-3-8-17(16)21-18/h2-8,11,15H,9-10,12H2,1H3. The zero-order valence-corrected chi connectivity index (χ0v) is 13.6. The average Bonchev–Trinajstić information content (AvgIpc) is 2.87. The smallest absolute Gasteiger partial charge is 0.0953 e. The first-order valence-electron chi connectivity index (χ1n) is 7.25. The van der Waals surface area contributed by atoms with Crippen LogP contribution in [0.15, 0.2) is 48.5 Å². The molecule has 0 bridgehead atoms.